The van der Waals surface area contributed by atoms with Crippen LogP contribution < -0.4 is 11.1 Å². The van der Waals surface area contributed by atoms with Gasteiger partial charge in [-0.05, 0) is 41.1 Å². The predicted octanol–water partition coefficient (Wildman–Crippen LogP) is 2.39. The molecule has 1 unspecified atom stereocenters. The number of carbonyl (C=O) groups is 1. The number of amides is 1. The lowest BCUT2D eigenvalue weighted by atomic mass is 10.3. The second-order valence-corrected chi connectivity index (χ2v) is 4.17. The Labute approximate surface area is 95.7 Å². The maximum absolute atomic E-state index is 11.2. The molecule has 0 aliphatic rings. The van der Waals surface area contributed by atoms with Crippen molar-refractivity contribution < 1.29 is 4.79 Å². The highest BCUT2D eigenvalue weighted by Crippen LogP contribution is 2.25. The van der Waals surface area contributed by atoms with E-state index in [1.54, 1.807) is 25.1 Å². The molecule has 1 amide bonds. The molecule has 1 aromatic carbocycles. The van der Waals surface area contributed by atoms with Gasteiger partial charge in [0.25, 0.3) is 0 Å². The average molecular weight is 278 g/mol. The first-order valence-corrected chi connectivity index (χ1v) is 5.19. The average Bonchev–Trinajstić information content (AvgIpc) is 2.11. The van der Waals surface area contributed by atoms with E-state index in [-0.39, 0.29) is 5.91 Å². The highest BCUT2D eigenvalue weighted by Gasteiger charge is 2.07. The van der Waals surface area contributed by atoms with Gasteiger partial charge in [0, 0.05) is 10.2 Å². The molecule has 14 heavy (non-hydrogen) atoms. The Morgan fingerprint density at radius 3 is 2.79 bits per heavy atom. The normalized spacial score (nSPS) is 12.3. The quantitative estimate of drug-likeness (QED) is 0.872. The Morgan fingerprint density at radius 2 is 2.29 bits per heavy atom. The molecule has 1 aromatic rings. The maximum Gasteiger partial charge on any atom is 0.240 e. The van der Waals surface area contributed by atoms with Gasteiger partial charge in [0.2, 0.25) is 5.91 Å². The first-order valence-electron chi connectivity index (χ1n) is 4.02. The molecule has 0 aromatic heterocycles. The summed E-state index contributed by atoms with van der Waals surface area (Å²) in [5, 5.41) is 3.26. The second kappa shape index (κ2) is 4.77. The number of rotatable bonds is 2. The number of anilines is 1. The van der Waals surface area contributed by atoms with Crippen LogP contribution in [0.1, 0.15) is 6.92 Å². The number of carbonyl (C=O) groups excluding carboxylic acids is 1. The van der Waals surface area contributed by atoms with Gasteiger partial charge in [-0.25, -0.2) is 0 Å². The van der Waals surface area contributed by atoms with Crippen LogP contribution >= 0.6 is 27.5 Å². The van der Waals surface area contributed by atoms with Crippen molar-refractivity contribution in [3.05, 3.63) is 27.7 Å². The highest BCUT2D eigenvalue weighted by molar-refractivity contribution is 9.10. The van der Waals surface area contributed by atoms with Gasteiger partial charge in [-0.15, -0.1) is 0 Å². The fraction of sp³-hybridized carbons (Fsp3) is 0.222. The zero-order chi connectivity index (χ0) is 10.7. The number of hydrogen-bond acceptors (Lipinski definition) is 2. The van der Waals surface area contributed by atoms with Gasteiger partial charge in [0.05, 0.1) is 11.1 Å². The van der Waals surface area contributed by atoms with Gasteiger partial charge in [-0.3, -0.25) is 4.79 Å². The van der Waals surface area contributed by atoms with E-state index in [1.807, 2.05) is 0 Å². The Kier molecular flexibility index (Phi) is 3.92. The number of benzene rings is 1. The van der Waals surface area contributed by atoms with Gasteiger partial charge in [-0.1, -0.05) is 11.6 Å². The molecule has 76 valence electrons. The number of halogens is 2. The minimum absolute atomic E-state index is 0.223. The monoisotopic (exact) mass is 276 g/mol. The van der Waals surface area contributed by atoms with Crippen LogP contribution in [0.5, 0.6) is 0 Å². The highest BCUT2D eigenvalue weighted by atomic mass is 79.9. The Balaban J connectivity index is 2.78. The Morgan fingerprint density at radius 1 is 1.64 bits per heavy atom. The van der Waals surface area contributed by atoms with E-state index in [0.717, 1.165) is 4.47 Å². The number of hydrogen-bond donors (Lipinski definition) is 2. The van der Waals surface area contributed by atoms with Crippen LogP contribution in [0.25, 0.3) is 0 Å². The fourth-order valence-electron chi connectivity index (χ4n) is 0.830. The third kappa shape index (κ3) is 2.97. The molecule has 1 rings (SSSR count). The van der Waals surface area contributed by atoms with Crippen LogP contribution in [0.4, 0.5) is 5.69 Å². The zero-order valence-electron chi connectivity index (χ0n) is 7.55. The molecule has 0 spiro atoms. The molecule has 0 bridgehead atoms. The molecule has 1 atom stereocenters. The lowest BCUT2D eigenvalue weighted by Gasteiger charge is -2.08. The summed E-state index contributed by atoms with van der Waals surface area (Å²) in [4.78, 5) is 11.2. The second-order valence-electron chi connectivity index (χ2n) is 2.91. The van der Waals surface area contributed by atoms with Gasteiger partial charge in [-0.2, -0.15) is 0 Å². The van der Waals surface area contributed by atoms with Crippen molar-refractivity contribution in [2.24, 2.45) is 5.73 Å². The summed E-state index contributed by atoms with van der Waals surface area (Å²) in [5.41, 5.74) is 6.07. The molecule has 0 fully saturated rings. The topological polar surface area (TPSA) is 55.1 Å². The molecule has 3 nitrogen and oxygen atoms in total. The van der Waals surface area contributed by atoms with Crippen LogP contribution in [-0.2, 0) is 4.79 Å². The van der Waals surface area contributed by atoms with Crippen molar-refractivity contribution in [1.82, 2.24) is 0 Å². The summed E-state index contributed by atoms with van der Waals surface area (Å²) in [6, 6.07) is 4.61. The number of nitrogens with one attached hydrogen (secondary N) is 1. The summed E-state index contributed by atoms with van der Waals surface area (Å²) >= 11 is 9.05. The fourth-order valence-corrected chi connectivity index (χ4v) is 1.33. The molecule has 3 N–H and O–H groups in total. The molecular formula is C9H10BrClN2O. The largest absolute Gasteiger partial charge is 0.325 e. The van der Waals surface area contributed by atoms with Crippen molar-refractivity contribution in [1.29, 1.82) is 0 Å². The lowest BCUT2D eigenvalue weighted by molar-refractivity contribution is -0.117. The molecule has 0 aliphatic heterocycles. The molecule has 0 aliphatic carbocycles. The summed E-state index contributed by atoms with van der Waals surface area (Å²) in [6.45, 7) is 1.63. The summed E-state index contributed by atoms with van der Waals surface area (Å²) < 4.78 is 0.738. The first-order chi connectivity index (χ1) is 6.50. The molecule has 0 radical (unpaired) electrons. The van der Waals surface area contributed by atoms with E-state index in [1.165, 1.54) is 0 Å². The van der Waals surface area contributed by atoms with Crippen LogP contribution in [0, 0.1) is 0 Å². The Bertz CT molecular complexity index is 355. The van der Waals surface area contributed by atoms with E-state index in [4.69, 9.17) is 17.3 Å². The lowest BCUT2D eigenvalue weighted by Crippen LogP contribution is -2.32. The van der Waals surface area contributed by atoms with Crippen LogP contribution in [-0.4, -0.2) is 11.9 Å². The maximum atomic E-state index is 11.2. The van der Waals surface area contributed by atoms with E-state index < -0.39 is 6.04 Å². The smallest absolute Gasteiger partial charge is 0.240 e. The first kappa shape index (κ1) is 11.5. The van der Waals surface area contributed by atoms with E-state index in [9.17, 15) is 4.79 Å². The Hall–Kier alpha value is -0.580. The molecule has 0 saturated heterocycles. The zero-order valence-corrected chi connectivity index (χ0v) is 9.89. The minimum atomic E-state index is -0.524. The van der Waals surface area contributed by atoms with Crippen molar-refractivity contribution >= 4 is 39.1 Å². The molecule has 0 heterocycles. The van der Waals surface area contributed by atoms with Gasteiger partial charge < -0.3 is 11.1 Å². The van der Waals surface area contributed by atoms with Gasteiger partial charge in [0.15, 0.2) is 0 Å². The third-order valence-electron chi connectivity index (χ3n) is 1.60. The third-order valence-corrected chi connectivity index (χ3v) is 2.81. The summed E-state index contributed by atoms with van der Waals surface area (Å²) in [6.07, 6.45) is 0. The van der Waals surface area contributed by atoms with Crippen molar-refractivity contribution in [2.45, 2.75) is 13.0 Å². The standard InChI is InChI=1S/C9H10BrClN2O/c1-5(12)9(14)13-6-2-3-8(11)7(10)4-6/h2-5H,12H2,1H3,(H,13,14). The van der Waals surface area contributed by atoms with E-state index >= 15 is 0 Å². The van der Waals surface area contributed by atoms with Crippen LogP contribution in [0.3, 0.4) is 0 Å². The SMILES string of the molecule is CC(N)C(=O)Nc1ccc(Cl)c(Br)c1. The van der Waals surface area contributed by atoms with Crippen molar-refractivity contribution in [3.63, 3.8) is 0 Å². The van der Waals surface area contributed by atoms with E-state index in [0.29, 0.717) is 10.7 Å². The van der Waals surface area contributed by atoms with Crippen LogP contribution in [0.15, 0.2) is 22.7 Å². The minimum Gasteiger partial charge on any atom is -0.325 e. The van der Waals surface area contributed by atoms with Crippen molar-refractivity contribution in [2.75, 3.05) is 5.32 Å². The molecule has 0 saturated carbocycles. The molecule has 5 heteroatoms. The van der Waals surface area contributed by atoms with Crippen molar-refractivity contribution in [3.8, 4) is 0 Å². The number of nitrogens with two attached hydrogens (primary N) is 1. The molecular weight excluding hydrogens is 267 g/mol. The van der Waals surface area contributed by atoms with Gasteiger partial charge in [0.1, 0.15) is 0 Å². The van der Waals surface area contributed by atoms with E-state index in [2.05, 4.69) is 21.2 Å². The summed E-state index contributed by atoms with van der Waals surface area (Å²) in [7, 11) is 0. The van der Waals surface area contributed by atoms with Crippen LogP contribution in [0.2, 0.25) is 5.02 Å². The predicted molar refractivity (Wildman–Crippen MR) is 61.4 cm³/mol. The summed E-state index contributed by atoms with van der Waals surface area (Å²) in [5.74, 6) is -0.223. The van der Waals surface area contributed by atoms with Gasteiger partial charge >= 0.3 is 0 Å².